The second-order valence-electron chi connectivity index (χ2n) is 6.90. The number of hydrogen-bond acceptors (Lipinski definition) is 8. The van der Waals surface area contributed by atoms with E-state index in [1.807, 2.05) is 0 Å². The number of thiophene rings is 1. The fourth-order valence-corrected chi connectivity index (χ4v) is 4.54. The lowest BCUT2D eigenvalue weighted by Crippen LogP contribution is -2.32. The number of nitrogens with one attached hydrogen (secondary N) is 2. The summed E-state index contributed by atoms with van der Waals surface area (Å²) in [5.74, 6) is -2.88. The van der Waals surface area contributed by atoms with Crippen molar-refractivity contribution in [1.82, 2.24) is 5.43 Å². The summed E-state index contributed by atoms with van der Waals surface area (Å²) in [5, 5.41) is 6.60. The van der Waals surface area contributed by atoms with Crippen LogP contribution in [0.4, 0.5) is 5.00 Å². The SMILES string of the molecule is CCOC(=O)c1c(NC(=O)C(=O)NN=Cc2ccc(C(=O)OC)cc2)sc2c1CCCC2. The number of hydrogen-bond donors (Lipinski definition) is 2. The normalized spacial score (nSPS) is 12.7. The van der Waals surface area contributed by atoms with Crippen LogP contribution in [-0.2, 0) is 31.9 Å². The Hall–Kier alpha value is -3.53. The van der Waals surface area contributed by atoms with Gasteiger partial charge in [-0.15, -0.1) is 11.3 Å². The van der Waals surface area contributed by atoms with Crippen molar-refractivity contribution in [3.05, 3.63) is 51.4 Å². The molecule has 2 amide bonds. The van der Waals surface area contributed by atoms with Gasteiger partial charge in [-0.25, -0.2) is 15.0 Å². The highest BCUT2D eigenvalue weighted by atomic mass is 32.1. The van der Waals surface area contributed by atoms with Crippen molar-refractivity contribution in [3.8, 4) is 0 Å². The van der Waals surface area contributed by atoms with E-state index in [9.17, 15) is 19.2 Å². The van der Waals surface area contributed by atoms with Crippen molar-refractivity contribution >= 4 is 46.3 Å². The Labute approximate surface area is 188 Å². The molecule has 1 aliphatic rings. The molecule has 9 nitrogen and oxygen atoms in total. The number of esters is 2. The molecule has 10 heteroatoms. The van der Waals surface area contributed by atoms with Crippen LogP contribution in [0.2, 0.25) is 0 Å². The molecule has 168 valence electrons. The maximum atomic E-state index is 12.4. The van der Waals surface area contributed by atoms with Gasteiger partial charge in [0.05, 0.1) is 31.1 Å². The molecule has 2 N–H and O–H groups in total. The van der Waals surface area contributed by atoms with E-state index in [4.69, 9.17) is 4.74 Å². The van der Waals surface area contributed by atoms with Gasteiger partial charge in [0.1, 0.15) is 5.00 Å². The zero-order valence-electron chi connectivity index (χ0n) is 17.7. The number of carbonyl (C=O) groups is 4. The summed E-state index contributed by atoms with van der Waals surface area (Å²) in [6.45, 7) is 1.93. The molecule has 0 bridgehead atoms. The molecule has 0 fully saturated rings. The smallest absolute Gasteiger partial charge is 0.341 e. The third kappa shape index (κ3) is 5.38. The average Bonchev–Trinajstić information content (AvgIpc) is 3.16. The van der Waals surface area contributed by atoms with Gasteiger partial charge in [0.2, 0.25) is 0 Å². The highest BCUT2D eigenvalue weighted by Gasteiger charge is 2.28. The lowest BCUT2D eigenvalue weighted by atomic mass is 9.95. The van der Waals surface area contributed by atoms with Crippen LogP contribution >= 0.6 is 11.3 Å². The Balaban J connectivity index is 1.65. The van der Waals surface area contributed by atoms with E-state index in [0.717, 1.165) is 36.1 Å². The third-order valence-electron chi connectivity index (χ3n) is 4.80. The van der Waals surface area contributed by atoms with Crippen molar-refractivity contribution in [2.24, 2.45) is 5.10 Å². The van der Waals surface area contributed by atoms with E-state index in [1.54, 1.807) is 31.2 Å². The van der Waals surface area contributed by atoms with Crippen LogP contribution in [0.3, 0.4) is 0 Å². The maximum absolute atomic E-state index is 12.4. The van der Waals surface area contributed by atoms with Crippen molar-refractivity contribution in [2.45, 2.75) is 32.6 Å². The van der Waals surface area contributed by atoms with Crippen molar-refractivity contribution < 1.29 is 28.7 Å². The summed E-state index contributed by atoms with van der Waals surface area (Å²) >= 11 is 1.30. The van der Waals surface area contributed by atoms with E-state index in [2.05, 4.69) is 20.6 Å². The minimum atomic E-state index is -0.978. The Morgan fingerprint density at radius 2 is 1.78 bits per heavy atom. The van der Waals surface area contributed by atoms with Gasteiger partial charge < -0.3 is 14.8 Å². The summed E-state index contributed by atoms with van der Waals surface area (Å²) < 4.78 is 9.77. The van der Waals surface area contributed by atoms with Crippen LogP contribution in [0.1, 0.15) is 56.5 Å². The van der Waals surface area contributed by atoms with Gasteiger partial charge in [0.15, 0.2) is 0 Å². The zero-order chi connectivity index (χ0) is 23.1. The molecule has 1 heterocycles. The molecule has 2 aromatic rings. The first-order valence-corrected chi connectivity index (χ1v) is 10.9. The molecular weight excluding hydrogens is 434 g/mol. The molecule has 0 atom stereocenters. The van der Waals surface area contributed by atoms with Gasteiger partial charge in [-0.3, -0.25) is 9.59 Å². The van der Waals surface area contributed by atoms with Gasteiger partial charge >= 0.3 is 23.8 Å². The lowest BCUT2D eigenvalue weighted by Gasteiger charge is -2.12. The first kappa shape index (κ1) is 23.1. The predicted molar refractivity (Wildman–Crippen MR) is 119 cm³/mol. The summed E-state index contributed by atoms with van der Waals surface area (Å²) in [6.07, 6.45) is 4.87. The van der Waals surface area contributed by atoms with Crippen LogP contribution in [0.15, 0.2) is 29.4 Å². The second kappa shape index (κ2) is 10.7. The van der Waals surface area contributed by atoms with Gasteiger partial charge in [-0.1, -0.05) is 12.1 Å². The number of fused-ring (bicyclic) bond motifs is 1. The second-order valence-corrected chi connectivity index (χ2v) is 8.01. The first-order valence-electron chi connectivity index (χ1n) is 10.1. The average molecular weight is 458 g/mol. The summed E-state index contributed by atoms with van der Waals surface area (Å²) in [7, 11) is 1.29. The highest BCUT2D eigenvalue weighted by Crippen LogP contribution is 2.38. The van der Waals surface area contributed by atoms with Crippen LogP contribution in [0.25, 0.3) is 0 Å². The lowest BCUT2D eigenvalue weighted by molar-refractivity contribution is -0.136. The van der Waals surface area contributed by atoms with Gasteiger partial charge in [-0.05, 0) is 55.9 Å². The van der Waals surface area contributed by atoms with E-state index in [0.29, 0.717) is 21.7 Å². The quantitative estimate of drug-likeness (QED) is 0.298. The molecule has 0 saturated heterocycles. The van der Waals surface area contributed by atoms with E-state index >= 15 is 0 Å². The molecule has 1 aromatic carbocycles. The maximum Gasteiger partial charge on any atom is 0.341 e. The monoisotopic (exact) mass is 457 g/mol. The van der Waals surface area contributed by atoms with Crippen LogP contribution in [-0.4, -0.2) is 43.7 Å². The Bertz CT molecular complexity index is 1060. The van der Waals surface area contributed by atoms with E-state index < -0.39 is 23.8 Å². The van der Waals surface area contributed by atoms with Gasteiger partial charge in [-0.2, -0.15) is 5.10 Å². The van der Waals surface area contributed by atoms with Gasteiger partial charge in [0.25, 0.3) is 0 Å². The first-order chi connectivity index (χ1) is 15.4. The third-order valence-corrected chi connectivity index (χ3v) is 6.00. The number of anilines is 1. The highest BCUT2D eigenvalue weighted by molar-refractivity contribution is 7.17. The number of hydrazone groups is 1. The molecule has 0 unspecified atom stereocenters. The Kier molecular flexibility index (Phi) is 7.72. The molecule has 32 heavy (non-hydrogen) atoms. The Morgan fingerprint density at radius 1 is 1.06 bits per heavy atom. The number of aryl methyl sites for hydroxylation is 1. The topological polar surface area (TPSA) is 123 Å². The zero-order valence-corrected chi connectivity index (χ0v) is 18.5. The van der Waals surface area contributed by atoms with Crippen LogP contribution in [0.5, 0.6) is 0 Å². The molecule has 0 aliphatic heterocycles. The molecule has 1 aliphatic carbocycles. The molecule has 0 spiro atoms. The van der Waals surface area contributed by atoms with E-state index in [1.165, 1.54) is 24.7 Å². The van der Waals surface area contributed by atoms with Crippen LogP contribution < -0.4 is 10.7 Å². The van der Waals surface area contributed by atoms with Crippen molar-refractivity contribution in [2.75, 3.05) is 19.0 Å². The van der Waals surface area contributed by atoms with Crippen LogP contribution in [0, 0.1) is 0 Å². The van der Waals surface area contributed by atoms with Crippen molar-refractivity contribution in [1.29, 1.82) is 0 Å². The summed E-state index contributed by atoms with van der Waals surface area (Å²) in [6, 6.07) is 6.34. The number of methoxy groups -OCH3 is 1. The van der Waals surface area contributed by atoms with E-state index in [-0.39, 0.29) is 6.61 Å². The summed E-state index contributed by atoms with van der Waals surface area (Å²) in [4.78, 5) is 49.4. The molecular formula is C22H23N3O6S. The summed E-state index contributed by atoms with van der Waals surface area (Å²) in [5.41, 5.74) is 4.36. The van der Waals surface area contributed by atoms with Gasteiger partial charge in [0, 0.05) is 4.88 Å². The molecule has 0 radical (unpaired) electrons. The number of benzene rings is 1. The number of ether oxygens (including phenoxy) is 2. The number of carbonyl (C=O) groups excluding carboxylic acids is 4. The standard InChI is InChI=1S/C22H23N3O6S/c1-3-31-22(29)17-15-6-4-5-7-16(15)32-20(17)24-18(26)19(27)25-23-12-13-8-10-14(11-9-13)21(28)30-2/h8-12H,3-7H2,1-2H3,(H,24,26)(H,25,27). The molecule has 1 aromatic heterocycles. The minimum absolute atomic E-state index is 0.215. The predicted octanol–water partition coefficient (Wildman–Crippen LogP) is 2.68. The largest absolute Gasteiger partial charge is 0.465 e. The number of nitrogens with zero attached hydrogens (tertiary/aromatic N) is 1. The molecule has 0 saturated carbocycles. The fraction of sp³-hybridized carbons (Fsp3) is 0.318. The minimum Gasteiger partial charge on any atom is -0.465 e. The fourth-order valence-electron chi connectivity index (χ4n) is 3.27. The Morgan fingerprint density at radius 3 is 2.47 bits per heavy atom. The van der Waals surface area contributed by atoms with Crippen molar-refractivity contribution in [3.63, 3.8) is 0 Å². The molecule has 3 rings (SSSR count). The number of amides is 2. The number of rotatable bonds is 6.